The topological polar surface area (TPSA) is 60.2 Å². The van der Waals surface area contributed by atoms with E-state index in [1.54, 1.807) is 0 Å². The zero-order chi connectivity index (χ0) is 9.61. The van der Waals surface area contributed by atoms with E-state index in [-0.39, 0.29) is 5.75 Å². The minimum atomic E-state index is -3.23. The van der Waals surface area contributed by atoms with Gasteiger partial charge in [-0.15, -0.1) is 0 Å². The van der Waals surface area contributed by atoms with E-state index in [1.165, 1.54) is 6.42 Å². The van der Waals surface area contributed by atoms with Crippen molar-refractivity contribution in [2.45, 2.75) is 39.5 Å². The Hall–Kier alpha value is -0.0900. The molecule has 0 aliphatic heterocycles. The van der Waals surface area contributed by atoms with E-state index in [9.17, 15) is 8.42 Å². The molecule has 0 spiro atoms. The SMILES string of the molecule is CCCC(C)CCCS(N)(=O)=O. The molecule has 0 rings (SSSR count). The van der Waals surface area contributed by atoms with Crippen LogP contribution in [0, 0.1) is 5.92 Å². The summed E-state index contributed by atoms with van der Waals surface area (Å²) in [5.41, 5.74) is 0. The molecule has 74 valence electrons. The normalized spacial score (nSPS) is 14.6. The second kappa shape index (κ2) is 5.54. The summed E-state index contributed by atoms with van der Waals surface area (Å²) in [5.74, 6) is 0.748. The third-order valence-corrected chi connectivity index (χ3v) is 2.76. The van der Waals surface area contributed by atoms with Crippen LogP contribution in [-0.2, 0) is 10.0 Å². The van der Waals surface area contributed by atoms with Crippen molar-refractivity contribution in [3.63, 3.8) is 0 Å². The van der Waals surface area contributed by atoms with Crippen molar-refractivity contribution in [2.75, 3.05) is 5.75 Å². The Balaban J connectivity index is 3.44. The third-order valence-electron chi connectivity index (χ3n) is 1.91. The second-order valence-electron chi connectivity index (χ2n) is 3.40. The molecule has 0 aromatic heterocycles. The highest BCUT2D eigenvalue weighted by atomic mass is 32.2. The fraction of sp³-hybridized carbons (Fsp3) is 1.00. The smallest absolute Gasteiger partial charge is 0.209 e. The van der Waals surface area contributed by atoms with E-state index in [2.05, 4.69) is 13.8 Å². The van der Waals surface area contributed by atoms with Crippen molar-refractivity contribution < 1.29 is 8.42 Å². The van der Waals surface area contributed by atoms with E-state index in [0.717, 1.165) is 12.8 Å². The summed E-state index contributed by atoms with van der Waals surface area (Å²) >= 11 is 0. The molecule has 4 heteroatoms. The molecule has 0 bridgehead atoms. The van der Waals surface area contributed by atoms with Gasteiger partial charge >= 0.3 is 0 Å². The zero-order valence-electron chi connectivity index (χ0n) is 7.91. The lowest BCUT2D eigenvalue weighted by Crippen LogP contribution is -2.16. The molecule has 2 N–H and O–H groups in total. The van der Waals surface area contributed by atoms with E-state index in [1.807, 2.05) is 0 Å². The molecule has 0 aliphatic carbocycles. The largest absolute Gasteiger partial charge is 0.229 e. The van der Waals surface area contributed by atoms with Crippen LogP contribution in [0.25, 0.3) is 0 Å². The molecule has 0 saturated carbocycles. The van der Waals surface area contributed by atoms with Gasteiger partial charge in [0.25, 0.3) is 0 Å². The molecule has 0 aliphatic rings. The van der Waals surface area contributed by atoms with E-state index >= 15 is 0 Å². The number of hydrogen-bond acceptors (Lipinski definition) is 2. The Morgan fingerprint density at radius 2 is 1.92 bits per heavy atom. The number of nitrogens with two attached hydrogens (primary N) is 1. The Morgan fingerprint density at radius 3 is 2.33 bits per heavy atom. The Bertz CT molecular complexity index is 199. The molecule has 0 radical (unpaired) electrons. The van der Waals surface area contributed by atoms with Crippen molar-refractivity contribution >= 4 is 10.0 Å². The maximum absolute atomic E-state index is 10.5. The molecule has 3 nitrogen and oxygen atoms in total. The summed E-state index contributed by atoms with van der Waals surface area (Å²) in [7, 11) is -3.23. The van der Waals surface area contributed by atoms with Gasteiger partial charge < -0.3 is 0 Å². The molecule has 0 aromatic carbocycles. The van der Waals surface area contributed by atoms with Gasteiger partial charge in [-0.3, -0.25) is 0 Å². The number of sulfonamides is 1. The minimum absolute atomic E-state index is 0.126. The minimum Gasteiger partial charge on any atom is -0.229 e. The lowest BCUT2D eigenvalue weighted by atomic mass is 10.0. The molecule has 0 aromatic rings. The summed E-state index contributed by atoms with van der Waals surface area (Å²) in [6.07, 6.45) is 3.99. The molecule has 0 amide bonds. The summed E-state index contributed by atoms with van der Waals surface area (Å²) < 4.78 is 21.1. The number of hydrogen-bond donors (Lipinski definition) is 1. The van der Waals surface area contributed by atoms with Crippen molar-refractivity contribution in [3.8, 4) is 0 Å². The fourth-order valence-electron chi connectivity index (χ4n) is 1.27. The lowest BCUT2D eigenvalue weighted by Gasteiger charge is -2.07. The molecule has 1 atom stereocenters. The van der Waals surface area contributed by atoms with Crippen LogP contribution in [0.5, 0.6) is 0 Å². The first-order chi connectivity index (χ1) is 5.45. The molecular formula is C8H19NO2S. The van der Waals surface area contributed by atoms with Crippen LogP contribution >= 0.6 is 0 Å². The van der Waals surface area contributed by atoms with Gasteiger partial charge in [-0.25, -0.2) is 13.6 Å². The van der Waals surface area contributed by atoms with Crippen LogP contribution in [0.4, 0.5) is 0 Å². The number of primary sulfonamides is 1. The lowest BCUT2D eigenvalue weighted by molar-refractivity contribution is 0.479. The van der Waals surface area contributed by atoms with Crippen LogP contribution in [0.2, 0.25) is 0 Å². The van der Waals surface area contributed by atoms with Crippen molar-refractivity contribution in [2.24, 2.45) is 11.1 Å². The third kappa shape index (κ3) is 8.01. The first kappa shape index (κ1) is 11.9. The van der Waals surface area contributed by atoms with Gasteiger partial charge in [-0.05, 0) is 18.8 Å². The monoisotopic (exact) mass is 193 g/mol. The van der Waals surface area contributed by atoms with Gasteiger partial charge in [0, 0.05) is 0 Å². The molecule has 1 unspecified atom stereocenters. The molecular weight excluding hydrogens is 174 g/mol. The second-order valence-corrected chi connectivity index (χ2v) is 5.14. The average molecular weight is 193 g/mol. The Morgan fingerprint density at radius 1 is 1.33 bits per heavy atom. The molecule has 0 heterocycles. The quantitative estimate of drug-likeness (QED) is 0.694. The van der Waals surface area contributed by atoms with Crippen molar-refractivity contribution in [1.82, 2.24) is 0 Å². The maximum atomic E-state index is 10.5. The van der Waals surface area contributed by atoms with Crippen LogP contribution in [-0.4, -0.2) is 14.2 Å². The standard InChI is InChI=1S/C8H19NO2S/c1-3-5-8(2)6-4-7-12(9,10)11/h8H,3-7H2,1-2H3,(H2,9,10,11). The summed E-state index contributed by atoms with van der Waals surface area (Å²) in [6.45, 7) is 4.28. The molecule has 0 fully saturated rings. The maximum Gasteiger partial charge on any atom is 0.209 e. The predicted octanol–water partition coefficient (Wildman–Crippen LogP) is 1.49. The van der Waals surface area contributed by atoms with E-state index < -0.39 is 10.0 Å². The molecule has 0 saturated heterocycles. The fourth-order valence-corrected chi connectivity index (χ4v) is 1.84. The van der Waals surface area contributed by atoms with E-state index in [0.29, 0.717) is 12.3 Å². The summed E-state index contributed by atoms with van der Waals surface area (Å²) in [5, 5.41) is 4.87. The summed E-state index contributed by atoms with van der Waals surface area (Å²) in [6, 6.07) is 0. The molecule has 12 heavy (non-hydrogen) atoms. The van der Waals surface area contributed by atoms with Crippen LogP contribution < -0.4 is 5.14 Å². The van der Waals surface area contributed by atoms with Gasteiger partial charge in [0.05, 0.1) is 5.75 Å². The highest BCUT2D eigenvalue weighted by molar-refractivity contribution is 7.89. The van der Waals surface area contributed by atoms with Gasteiger partial charge in [0.15, 0.2) is 0 Å². The van der Waals surface area contributed by atoms with Crippen LogP contribution in [0.15, 0.2) is 0 Å². The Kier molecular flexibility index (Phi) is 5.50. The van der Waals surface area contributed by atoms with Gasteiger partial charge in [-0.1, -0.05) is 26.7 Å². The highest BCUT2D eigenvalue weighted by Gasteiger charge is 2.05. The summed E-state index contributed by atoms with van der Waals surface area (Å²) in [4.78, 5) is 0. The zero-order valence-corrected chi connectivity index (χ0v) is 8.73. The average Bonchev–Trinajstić information content (AvgIpc) is 1.84. The van der Waals surface area contributed by atoms with Crippen molar-refractivity contribution in [3.05, 3.63) is 0 Å². The first-order valence-electron chi connectivity index (χ1n) is 4.46. The van der Waals surface area contributed by atoms with E-state index in [4.69, 9.17) is 5.14 Å². The van der Waals surface area contributed by atoms with Crippen LogP contribution in [0.1, 0.15) is 39.5 Å². The number of rotatable bonds is 6. The Labute approximate surface area is 75.4 Å². The van der Waals surface area contributed by atoms with Gasteiger partial charge in [0.1, 0.15) is 0 Å². The van der Waals surface area contributed by atoms with Crippen LogP contribution in [0.3, 0.4) is 0 Å². The predicted molar refractivity (Wildman–Crippen MR) is 51.3 cm³/mol. The van der Waals surface area contributed by atoms with Gasteiger partial charge in [-0.2, -0.15) is 0 Å². The highest BCUT2D eigenvalue weighted by Crippen LogP contribution is 2.12. The van der Waals surface area contributed by atoms with Gasteiger partial charge in [0.2, 0.25) is 10.0 Å². The van der Waals surface area contributed by atoms with Crippen molar-refractivity contribution in [1.29, 1.82) is 0 Å². The first-order valence-corrected chi connectivity index (χ1v) is 6.17.